The lowest BCUT2D eigenvalue weighted by Crippen LogP contribution is -2.29. The Morgan fingerprint density at radius 1 is 1.30 bits per heavy atom. The topological polar surface area (TPSA) is 90.3 Å². The van der Waals surface area contributed by atoms with Crippen molar-refractivity contribution in [2.45, 2.75) is 6.54 Å². The fourth-order valence-electron chi connectivity index (χ4n) is 1.98. The van der Waals surface area contributed by atoms with Crippen molar-refractivity contribution in [3.05, 3.63) is 56.7 Å². The highest BCUT2D eigenvalue weighted by Crippen LogP contribution is 2.19. The molecule has 0 fully saturated rings. The molecule has 20 heavy (non-hydrogen) atoms. The lowest BCUT2D eigenvalue weighted by Gasteiger charge is -1.99. The molecule has 1 amide bonds. The molecule has 0 saturated heterocycles. The van der Waals surface area contributed by atoms with Crippen LogP contribution in [-0.2, 0) is 6.54 Å². The third-order valence-electron chi connectivity index (χ3n) is 2.90. The Morgan fingerprint density at radius 2 is 2.10 bits per heavy atom. The van der Waals surface area contributed by atoms with Gasteiger partial charge in [-0.15, -0.1) is 11.3 Å². The van der Waals surface area contributed by atoms with Gasteiger partial charge in [0.05, 0.1) is 16.9 Å². The van der Waals surface area contributed by atoms with E-state index >= 15 is 0 Å². The number of oxazole rings is 1. The summed E-state index contributed by atoms with van der Waals surface area (Å²) in [5.74, 6) is 4.33. The van der Waals surface area contributed by atoms with E-state index in [1.54, 1.807) is 18.2 Å². The second-order valence-corrected chi connectivity index (χ2v) is 5.33. The predicted molar refractivity (Wildman–Crippen MR) is 75.5 cm³/mol. The van der Waals surface area contributed by atoms with Crippen LogP contribution in [0.3, 0.4) is 0 Å². The molecular formula is C13H11N3O3S. The molecule has 3 rings (SSSR count). The molecule has 0 aliphatic rings. The Morgan fingerprint density at radius 3 is 2.90 bits per heavy atom. The van der Waals surface area contributed by atoms with Crippen molar-refractivity contribution in [3.8, 4) is 0 Å². The molecule has 6 nitrogen and oxygen atoms in total. The molecule has 7 heteroatoms. The molecule has 0 saturated carbocycles. The molecule has 0 aliphatic heterocycles. The zero-order chi connectivity index (χ0) is 14.1. The molecule has 0 aliphatic carbocycles. The maximum absolute atomic E-state index is 11.8. The lowest BCUT2D eigenvalue weighted by molar-refractivity contribution is 0.0957. The maximum atomic E-state index is 11.8. The first-order chi connectivity index (χ1) is 9.69. The minimum absolute atomic E-state index is 0.342. The van der Waals surface area contributed by atoms with Crippen LogP contribution in [0.5, 0.6) is 0 Å². The largest absolute Gasteiger partial charge is 0.420 e. The average Bonchev–Trinajstić information content (AvgIpc) is 3.04. The smallest absolute Gasteiger partial charge is 0.408 e. The molecule has 3 N–H and O–H groups in total. The second kappa shape index (κ2) is 4.95. The molecule has 0 bridgehead atoms. The monoisotopic (exact) mass is 289 g/mol. The summed E-state index contributed by atoms with van der Waals surface area (Å²) in [5, 5.41) is 0. The molecule has 0 atom stereocenters. The van der Waals surface area contributed by atoms with Gasteiger partial charge < -0.3 is 4.42 Å². The van der Waals surface area contributed by atoms with E-state index < -0.39 is 5.76 Å². The van der Waals surface area contributed by atoms with Crippen molar-refractivity contribution in [1.29, 1.82) is 0 Å². The molecular weight excluding hydrogens is 278 g/mol. The molecule has 2 aromatic heterocycles. The summed E-state index contributed by atoms with van der Waals surface area (Å²) in [6.45, 7) is 0.359. The fraction of sp³-hybridized carbons (Fsp3) is 0.0769. The standard InChI is InChI=1S/C13H11N3O3S/c14-15-12(17)11-6-5-8(20-11)7-16-9-3-1-2-4-10(9)19-13(16)18/h1-6H,7,14H2,(H,15,17). The van der Waals surface area contributed by atoms with Gasteiger partial charge >= 0.3 is 5.76 Å². The number of aromatic nitrogens is 1. The first-order valence-electron chi connectivity index (χ1n) is 5.87. The van der Waals surface area contributed by atoms with Gasteiger partial charge in [-0.05, 0) is 24.3 Å². The quantitative estimate of drug-likeness (QED) is 0.432. The van der Waals surface area contributed by atoms with E-state index in [9.17, 15) is 9.59 Å². The minimum Gasteiger partial charge on any atom is -0.408 e. The highest BCUT2D eigenvalue weighted by Gasteiger charge is 2.12. The number of carbonyl (C=O) groups excluding carboxylic acids is 1. The van der Waals surface area contributed by atoms with Crippen molar-refractivity contribution < 1.29 is 9.21 Å². The maximum Gasteiger partial charge on any atom is 0.420 e. The van der Waals surface area contributed by atoms with Crippen molar-refractivity contribution in [1.82, 2.24) is 9.99 Å². The second-order valence-electron chi connectivity index (χ2n) is 4.16. The van der Waals surface area contributed by atoms with E-state index in [0.29, 0.717) is 17.0 Å². The number of hydrazine groups is 1. The van der Waals surface area contributed by atoms with E-state index in [2.05, 4.69) is 5.43 Å². The molecule has 0 radical (unpaired) electrons. The number of nitrogens with two attached hydrogens (primary N) is 1. The van der Waals surface area contributed by atoms with Crippen molar-refractivity contribution in [3.63, 3.8) is 0 Å². The number of hydrogen-bond acceptors (Lipinski definition) is 5. The normalized spacial score (nSPS) is 10.8. The third kappa shape index (κ3) is 2.13. The molecule has 2 heterocycles. The van der Waals surface area contributed by atoms with E-state index in [1.807, 2.05) is 18.2 Å². The lowest BCUT2D eigenvalue weighted by atomic mass is 10.3. The van der Waals surface area contributed by atoms with E-state index in [4.69, 9.17) is 10.3 Å². The highest BCUT2D eigenvalue weighted by atomic mass is 32.1. The summed E-state index contributed by atoms with van der Waals surface area (Å²) < 4.78 is 6.69. The third-order valence-corrected chi connectivity index (χ3v) is 3.97. The van der Waals surface area contributed by atoms with Gasteiger partial charge in [0.15, 0.2) is 5.58 Å². The first-order valence-corrected chi connectivity index (χ1v) is 6.68. The van der Waals surface area contributed by atoms with Gasteiger partial charge in [-0.2, -0.15) is 0 Å². The van der Waals surface area contributed by atoms with Gasteiger partial charge in [0.1, 0.15) is 0 Å². The molecule has 0 unspecified atom stereocenters. The SMILES string of the molecule is NNC(=O)c1ccc(Cn2c(=O)oc3ccccc32)s1. The number of nitrogens with zero attached hydrogens (tertiary/aromatic N) is 1. The first kappa shape index (κ1) is 12.6. The molecule has 1 aromatic carbocycles. The number of rotatable bonds is 3. The molecule has 102 valence electrons. The van der Waals surface area contributed by atoms with Crippen LogP contribution in [0.4, 0.5) is 0 Å². The van der Waals surface area contributed by atoms with Gasteiger partial charge in [-0.3, -0.25) is 14.8 Å². The molecule has 0 spiro atoms. The number of nitrogens with one attached hydrogen (secondary N) is 1. The number of fused-ring (bicyclic) bond motifs is 1. The summed E-state index contributed by atoms with van der Waals surface area (Å²) in [6.07, 6.45) is 0. The Kier molecular flexibility index (Phi) is 3.13. The summed E-state index contributed by atoms with van der Waals surface area (Å²) >= 11 is 1.29. The number of carbonyl (C=O) groups is 1. The number of para-hydroxylation sites is 2. The van der Waals surface area contributed by atoms with E-state index in [1.165, 1.54) is 15.9 Å². The van der Waals surface area contributed by atoms with Crippen LogP contribution in [-0.4, -0.2) is 10.5 Å². The number of nitrogen functional groups attached to an aromatic ring is 1. The van der Waals surface area contributed by atoms with Gasteiger partial charge in [-0.1, -0.05) is 12.1 Å². The average molecular weight is 289 g/mol. The van der Waals surface area contributed by atoms with Crippen LogP contribution >= 0.6 is 11.3 Å². The predicted octanol–water partition coefficient (Wildman–Crippen LogP) is 1.31. The number of thiophene rings is 1. The number of benzene rings is 1. The van der Waals surface area contributed by atoms with Gasteiger partial charge in [0.2, 0.25) is 0 Å². The fourth-order valence-corrected chi connectivity index (χ4v) is 2.88. The van der Waals surface area contributed by atoms with Crippen molar-refractivity contribution >= 4 is 28.3 Å². The van der Waals surface area contributed by atoms with Crippen LogP contribution < -0.4 is 17.0 Å². The van der Waals surface area contributed by atoms with Gasteiger partial charge in [0.25, 0.3) is 5.91 Å². The van der Waals surface area contributed by atoms with Crippen LogP contribution in [0.15, 0.2) is 45.6 Å². The van der Waals surface area contributed by atoms with Crippen LogP contribution in [0, 0.1) is 0 Å². The van der Waals surface area contributed by atoms with E-state index in [-0.39, 0.29) is 5.91 Å². The van der Waals surface area contributed by atoms with Crippen LogP contribution in [0.2, 0.25) is 0 Å². The van der Waals surface area contributed by atoms with Crippen LogP contribution in [0.25, 0.3) is 11.1 Å². The van der Waals surface area contributed by atoms with Gasteiger partial charge in [-0.25, -0.2) is 10.6 Å². The Bertz CT molecular complexity index is 831. The minimum atomic E-state index is -0.413. The van der Waals surface area contributed by atoms with Crippen LogP contribution in [0.1, 0.15) is 14.5 Å². The summed E-state index contributed by atoms with van der Waals surface area (Å²) in [5.41, 5.74) is 3.36. The summed E-state index contributed by atoms with van der Waals surface area (Å²) in [4.78, 5) is 24.6. The number of hydrogen-bond donors (Lipinski definition) is 2. The zero-order valence-corrected chi connectivity index (χ0v) is 11.1. The van der Waals surface area contributed by atoms with Gasteiger partial charge in [0, 0.05) is 4.88 Å². The highest BCUT2D eigenvalue weighted by molar-refractivity contribution is 7.14. The number of amides is 1. The summed E-state index contributed by atoms with van der Waals surface area (Å²) in [6, 6.07) is 10.7. The van der Waals surface area contributed by atoms with Crippen molar-refractivity contribution in [2.75, 3.05) is 0 Å². The Labute approximate surface area is 117 Å². The Balaban J connectivity index is 1.97. The summed E-state index contributed by atoms with van der Waals surface area (Å²) in [7, 11) is 0. The zero-order valence-electron chi connectivity index (χ0n) is 10.3. The van der Waals surface area contributed by atoms with Crippen molar-refractivity contribution in [2.24, 2.45) is 5.84 Å². The molecule has 3 aromatic rings. The Hall–Kier alpha value is -2.38. The van der Waals surface area contributed by atoms with E-state index in [0.717, 1.165) is 10.4 Å².